The second-order valence-corrected chi connectivity index (χ2v) is 20.4. The monoisotopic (exact) mass is 883 g/mol. The molecule has 0 aliphatic carbocycles. The summed E-state index contributed by atoms with van der Waals surface area (Å²) < 4.78 is 34.2. The van der Waals surface area contributed by atoms with Gasteiger partial charge in [0.25, 0.3) is 0 Å². The summed E-state index contributed by atoms with van der Waals surface area (Å²) in [6.07, 6.45) is 67.8. The van der Waals surface area contributed by atoms with Crippen molar-refractivity contribution in [2.45, 2.75) is 320 Å². The normalized spacial score (nSPS) is 11.7. The maximum Gasteiger partial charge on any atom is 1.00 e. The Labute approximate surface area is 420 Å². The maximum atomic E-state index is 11.4. The Morgan fingerprint density at radius 1 is 0.317 bits per heavy atom. The molecule has 1 aromatic rings. The SMILES string of the molecule is CCCCCCCCCCCCCCCCCCCCCCCCCCCCCCCCCCCCCCCCCCCCCCCCCc1ccccc1S(=O)(=O)[O-].[K+]. The second kappa shape index (κ2) is 49.2. The van der Waals surface area contributed by atoms with Gasteiger partial charge in [0, 0.05) is 0 Å². The number of aryl methyl sites for hydroxylation is 1. The van der Waals surface area contributed by atoms with Crippen molar-refractivity contribution in [2.24, 2.45) is 0 Å². The van der Waals surface area contributed by atoms with E-state index in [0.29, 0.717) is 12.0 Å². The topological polar surface area (TPSA) is 57.2 Å². The zero-order valence-electron chi connectivity index (χ0n) is 40.9. The molecule has 0 aliphatic heterocycles. The number of hydrogen-bond donors (Lipinski definition) is 0. The van der Waals surface area contributed by atoms with Gasteiger partial charge in [-0.15, -0.1) is 0 Å². The molecule has 0 amide bonds. The van der Waals surface area contributed by atoms with E-state index < -0.39 is 10.1 Å². The molecule has 0 fully saturated rings. The van der Waals surface area contributed by atoms with Crippen molar-refractivity contribution >= 4 is 10.1 Å². The van der Waals surface area contributed by atoms with Gasteiger partial charge in [-0.05, 0) is 24.5 Å². The van der Waals surface area contributed by atoms with Crippen LogP contribution >= 0.6 is 0 Å². The van der Waals surface area contributed by atoms with Crippen LogP contribution in [0, 0.1) is 0 Å². The Bertz CT molecular complexity index is 1080. The molecule has 0 radical (unpaired) electrons. The van der Waals surface area contributed by atoms with Gasteiger partial charge in [0.2, 0.25) is 0 Å². The first-order chi connectivity index (χ1) is 29.1. The molecule has 0 saturated heterocycles. The third kappa shape index (κ3) is 44.0. The molecule has 3 nitrogen and oxygen atoms in total. The standard InChI is InChI=1S/C55H104O3S.K/c1-2-3-4-5-6-7-8-9-10-11-12-13-14-15-16-17-18-19-20-21-22-23-24-25-26-27-28-29-30-31-32-33-34-35-36-37-38-39-40-41-42-43-44-45-46-47-48-51-54-52-49-50-53-55(54)59(56,57)58;/h49-50,52-53H,2-48,51H2,1H3,(H,56,57,58);/q;+1/p-1. The smallest absolute Gasteiger partial charge is 0.744 e. The van der Waals surface area contributed by atoms with Gasteiger partial charge in [-0.2, -0.15) is 0 Å². The Balaban J connectivity index is 0.0000348. The van der Waals surface area contributed by atoms with Gasteiger partial charge in [-0.1, -0.05) is 320 Å². The fourth-order valence-electron chi connectivity index (χ4n) is 9.30. The molecule has 0 atom stereocenters. The molecule has 60 heavy (non-hydrogen) atoms. The van der Waals surface area contributed by atoms with Crippen molar-refractivity contribution in [3.8, 4) is 0 Å². The number of hydrogen-bond acceptors (Lipinski definition) is 3. The average molecular weight is 884 g/mol. The predicted octanol–water partition coefficient (Wildman–Crippen LogP) is 16.5. The first kappa shape index (κ1) is 60.8. The predicted molar refractivity (Wildman–Crippen MR) is 261 cm³/mol. The summed E-state index contributed by atoms with van der Waals surface area (Å²) >= 11 is 0. The van der Waals surface area contributed by atoms with Crippen LogP contribution in [0.2, 0.25) is 0 Å². The van der Waals surface area contributed by atoms with Crippen LogP contribution in [0.5, 0.6) is 0 Å². The molecule has 1 aromatic carbocycles. The Morgan fingerprint density at radius 2 is 0.500 bits per heavy atom. The fourth-order valence-corrected chi connectivity index (χ4v) is 10.0. The van der Waals surface area contributed by atoms with E-state index in [1.807, 2.05) is 6.07 Å². The van der Waals surface area contributed by atoms with Crippen LogP contribution in [0.25, 0.3) is 0 Å². The quantitative estimate of drug-likeness (QED) is 0.0372. The molecule has 1 rings (SSSR count). The molecular formula is C55H103KO3S. The van der Waals surface area contributed by atoms with Gasteiger partial charge in [-0.25, -0.2) is 8.42 Å². The number of rotatable bonds is 49. The molecular weight excluding hydrogens is 780 g/mol. The van der Waals surface area contributed by atoms with E-state index in [2.05, 4.69) is 6.92 Å². The van der Waals surface area contributed by atoms with Crippen LogP contribution in [-0.4, -0.2) is 13.0 Å². The molecule has 5 heteroatoms. The van der Waals surface area contributed by atoms with Crippen LogP contribution in [0.4, 0.5) is 0 Å². The molecule has 0 heterocycles. The van der Waals surface area contributed by atoms with E-state index >= 15 is 0 Å². The summed E-state index contributed by atoms with van der Waals surface area (Å²) in [5.74, 6) is 0. The third-order valence-electron chi connectivity index (χ3n) is 13.3. The van der Waals surface area contributed by atoms with Crippen LogP contribution in [-0.2, 0) is 16.5 Å². The van der Waals surface area contributed by atoms with Crippen LogP contribution in [0.3, 0.4) is 0 Å². The van der Waals surface area contributed by atoms with Gasteiger partial charge in [0.05, 0.1) is 4.90 Å². The molecule has 0 saturated carbocycles. The Hall–Kier alpha value is 0.766. The summed E-state index contributed by atoms with van der Waals surface area (Å²) in [7, 11) is -4.37. The zero-order chi connectivity index (χ0) is 42.4. The maximum absolute atomic E-state index is 11.4. The van der Waals surface area contributed by atoms with Crippen LogP contribution in [0.15, 0.2) is 29.2 Å². The summed E-state index contributed by atoms with van der Waals surface area (Å²) in [5, 5.41) is 0. The van der Waals surface area contributed by atoms with Crippen molar-refractivity contribution in [1.82, 2.24) is 0 Å². The molecule has 0 aliphatic rings. The van der Waals surface area contributed by atoms with Crippen LogP contribution < -0.4 is 51.4 Å². The van der Waals surface area contributed by atoms with Crippen molar-refractivity contribution in [1.29, 1.82) is 0 Å². The van der Waals surface area contributed by atoms with Gasteiger partial charge in [-0.3, -0.25) is 0 Å². The van der Waals surface area contributed by atoms with E-state index in [4.69, 9.17) is 0 Å². The molecule has 0 unspecified atom stereocenters. The molecule has 0 bridgehead atoms. The second-order valence-electron chi connectivity index (χ2n) is 19.1. The minimum atomic E-state index is -4.37. The van der Waals surface area contributed by atoms with E-state index in [0.717, 1.165) is 12.8 Å². The average Bonchev–Trinajstić information content (AvgIpc) is 3.23. The number of unbranched alkanes of at least 4 members (excludes halogenated alkanes) is 46. The van der Waals surface area contributed by atoms with E-state index in [-0.39, 0.29) is 56.3 Å². The van der Waals surface area contributed by atoms with E-state index in [9.17, 15) is 13.0 Å². The van der Waals surface area contributed by atoms with E-state index in [1.54, 1.807) is 12.1 Å². The van der Waals surface area contributed by atoms with Crippen LogP contribution in [0.1, 0.15) is 314 Å². The molecule has 0 aromatic heterocycles. The Kier molecular flexibility index (Phi) is 49.8. The third-order valence-corrected chi connectivity index (χ3v) is 14.2. The van der Waals surface area contributed by atoms with Gasteiger partial charge < -0.3 is 4.55 Å². The van der Waals surface area contributed by atoms with Gasteiger partial charge in [0.1, 0.15) is 10.1 Å². The largest absolute Gasteiger partial charge is 1.00 e. The number of benzene rings is 1. The summed E-state index contributed by atoms with van der Waals surface area (Å²) in [6.45, 7) is 2.31. The van der Waals surface area contributed by atoms with Crippen molar-refractivity contribution < 1.29 is 64.4 Å². The minimum Gasteiger partial charge on any atom is -0.744 e. The summed E-state index contributed by atoms with van der Waals surface area (Å²) in [6, 6.07) is 6.65. The van der Waals surface area contributed by atoms with Crippen molar-refractivity contribution in [2.75, 3.05) is 0 Å². The fraction of sp³-hybridized carbons (Fsp3) is 0.891. The first-order valence-corrected chi connectivity index (χ1v) is 28.5. The minimum absolute atomic E-state index is 0. The first-order valence-electron chi connectivity index (χ1n) is 27.1. The van der Waals surface area contributed by atoms with E-state index in [1.165, 1.54) is 295 Å². The molecule has 0 N–H and O–H groups in total. The van der Waals surface area contributed by atoms with Crippen molar-refractivity contribution in [3.63, 3.8) is 0 Å². The van der Waals surface area contributed by atoms with Crippen molar-refractivity contribution in [3.05, 3.63) is 29.8 Å². The summed E-state index contributed by atoms with van der Waals surface area (Å²) in [5.41, 5.74) is 0.676. The molecule has 0 spiro atoms. The molecule has 348 valence electrons. The summed E-state index contributed by atoms with van der Waals surface area (Å²) in [4.78, 5) is -0.0395. The van der Waals surface area contributed by atoms with Gasteiger partial charge >= 0.3 is 51.4 Å². The zero-order valence-corrected chi connectivity index (χ0v) is 44.8. The van der Waals surface area contributed by atoms with Gasteiger partial charge in [0.15, 0.2) is 0 Å². The Morgan fingerprint density at radius 3 is 0.700 bits per heavy atom.